The van der Waals surface area contributed by atoms with Gasteiger partial charge in [0.1, 0.15) is 0 Å². The fourth-order valence-corrected chi connectivity index (χ4v) is 3.30. The molecule has 1 fully saturated rings. The van der Waals surface area contributed by atoms with Gasteiger partial charge in [0, 0.05) is 24.0 Å². The second-order valence-electron chi connectivity index (χ2n) is 5.00. The topological polar surface area (TPSA) is 32.3 Å². The minimum Gasteiger partial charge on any atom is -0.342 e. The number of thioether (sulfide) groups is 1. The summed E-state index contributed by atoms with van der Waals surface area (Å²) in [5.41, 5.74) is 1.24. The van der Waals surface area contributed by atoms with Crippen LogP contribution in [0.15, 0.2) is 29.2 Å². The maximum absolute atomic E-state index is 12.2. The van der Waals surface area contributed by atoms with Crippen LogP contribution >= 0.6 is 11.8 Å². The first-order valence-corrected chi connectivity index (χ1v) is 7.82. The lowest BCUT2D eigenvalue weighted by atomic mass is 10.1. The Morgan fingerprint density at radius 2 is 2.05 bits per heavy atom. The minimum absolute atomic E-state index is 0.266. The van der Waals surface area contributed by atoms with Gasteiger partial charge in [0.15, 0.2) is 0 Å². The summed E-state index contributed by atoms with van der Waals surface area (Å²) in [6.07, 6.45) is 2.13. The van der Waals surface area contributed by atoms with E-state index in [1.54, 1.807) is 11.8 Å². The molecule has 4 heteroatoms. The van der Waals surface area contributed by atoms with E-state index in [-0.39, 0.29) is 5.91 Å². The normalized spacial score (nSPS) is 16.6. The van der Waals surface area contributed by atoms with E-state index < -0.39 is 0 Å². The van der Waals surface area contributed by atoms with Gasteiger partial charge >= 0.3 is 0 Å². The average molecular weight is 278 g/mol. The Hall–Kier alpha value is -1.00. The lowest BCUT2D eigenvalue weighted by Crippen LogP contribution is -2.44. The Labute approximate surface area is 119 Å². The molecule has 1 saturated heterocycles. The maximum Gasteiger partial charge on any atom is 0.232 e. The van der Waals surface area contributed by atoms with Crippen molar-refractivity contribution in [2.75, 3.05) is 25.9 Å². The van der Waals surface area contributed by atoms with Crippen LogP contribution < -0.4 is 5.32 Å². The summed E-state index contributed by atoms with van der Waals surface area (Å²) in [5.74, 6) is 0.817. The Kier molecular flexibility index (Phi) is 5.28. The molecule has 3 nitrogen and oxygen atoms in total. The highest BCUT2D eigenvalue weighted by Crippen LogP contribution is 2.22. The van der Waals surface area contributed by atoms with Crippen molar-refractivity contribution in [2.24, 2.45) is 0 Å². The molecule has 0 aromatic heterocycles. The van der Waals surface area contributed by atoms with Gasteiger partial charge in [-0.1, -0.05) is 18.2 Å². The number of nitrogens with one attached hydrogen (secondary N) is 1. The predicted octanol–water partition coefficient (Wildman–Crippen LogP) is 2.30. The lowest BCUT2D eigenvalue weighted by molar-refractivity contribution is -0.129. The summed E-state index contributed by atoms with van der Waals surface area (Å²) in [5, 5.41) is 3.29. The van der Waals surface area contributed by atoms with E-state index in [4.69, 9.17) is 0 Å². The number of rotatable bonds is 4. The first-order valence-electron chi connectivity index (χ1n) is 6.84. The van der Waals surface area contributed by atoms with Crippen LogP contribution in [0.4, 0.5) is 0 Å². The molecule has 104 valence electrons. The summed E-state index contributed by atoms with van der Waals surface area (Å²) in [6.45, 7) is 3.86. The van der Waals surface area contributed by atoms with Gasteiger partial charge in [0.2, 0.25) is 5.91 Å². The Morgan fingerprint density at radius 1 is 1.37 bits per heavy atom. The van der Waals surface area contributed by atoms with Gasteiger partial charge < -0.3 is 10.2 Å². The number of carbonyl (C=O) groups excluding carboxylic acids is 1. The van der Waals surface area contributed by atoms with Crippen molar-refractivity contribution in [2.45, 2.75) is 30.7 Å². The molecular weight excluding hydrogens is 256 g/mol. The maximum atomic E-state index is 12.2. The molecule has 19 heavy (non-hydrogen) atoms. The molecule has 0 radical (unpaired) electrons. The Bertz CT molecular complexity index is 428. The molecule has 1 N–H and O–H groups in total. The average Bonchev–Trinajstić information content (AvgIpc) is 2.46. The number of hydrogen-bond acceptors (Lipinski definition) is 3. The largest absolute Gasteiger partial charge is 0.342 e. The second-order valence-corrected chi connectivity index (χ2v) is 6.02. The third kappa shape index (κ3) is 3.98. The van der Waals surface area contributed by atoms with E-state index in [1.807, 2.05) is 24.1 Å². The van der Waals surface area contributed by atoms with Gasteiger partial charge in [-0.15, -0.1) is 11.8 Å². The van der Waals surface area contributed by atoms with Crippen molar-refractivity contribution in [3.63, 3.8) is 0 Å². The number of piperidine rings is 1. The molecule has 1 aromatic rings. The first kappa shape index (κ1) is 14.4. The van der Waals surface area contributed by atoms with Crippen molar-refractivity contribution in [1.29, 1.82) is 0 Å². The molecule has 1 amide bonds. The van der Waals surface area contributed by atoms with Crippen LogP contribution in [-0.4, -0.2) is 42.7 Å². The van der Waals surface area contributed by atoms with Crippen LogP contribution in [0.3, 0.4) is 0 Å². The molecule has 0 aliphatic carbocycles. The smallest absolute Gasteiger partial charge is 0.232 e. The highest BCUT2D eigenvalue weighted by atomic mass is 32.2. The van der Waals surface area contributed by atoms with Gasteiger partial charge in [-0.2, -0.15) is 0 Å². The molecule has 1 aliphatic heterocycles. The van der Waals surface area contributed by atoms with Crippen molar-refractivity contribution in [3.05, 3.63) is 29.8 Å². The standard InChI is InChI=1S/C15H22N2OS/c1-12-5-3-4-6-14(12)19-11-15(18)17-9-7-13(16-2)8-10-17/h3-6,13,16H,7-11H2,1-2H3. The fourth-order valence-electron chi connectivity index (χ4n) is 2.37. The molecule has 1 heterocycles. The van der Waals surface area contributed by atoms with Crippen molar-refractivity contribution in [3.8, 4) is 0 Å². The lowest BCUT2D eigenvalue weighted by Gasteiger charge is -2.31. The van der Waals surface area contributed by atoms with Crippen LogP contribution in [0.2, 0.25) is 0 Å². The summed E-state index contributed by atoms with van der Waals surface area (Å²) in [4.78, 5) is 15.4. The quantitative estimate of drug-likeness (QED) is 0.858. The number of carbonyl (C=O) groups is 1. The molecule has 0 atom stereocenters. The minimum atomic E-state index is 0.266. The number of amides is 1. The molecule has 1 aliphatic rings. The molecule has 0 saturated carbocycles. The van der Waals surface area contributed by atoms with Crippen LogP contribution in [0, 0.1) is 6.92 Å². The number of likely N-dealkylation sites (tertiary alicyclic amines) is 1. The van der Waals surface area contributed by atoms with E-state index in [0.29, 0.717) is 11.8 Å². The highest BCUT2D eigenvalue weighted by molar-refractivity contribution is 8.00. The molecule has 0 unspecified atom stereocenters. The SMILES string of the molecule is CNC1CCN(C(=O)CSc2ccccc2C)CC1. The van der Waals surface area contributed by atoms with E-state index in [9.17, 15) is 4.79 Å². The van der Waals surface area contributed by atoms with Crippen LogP contribution in [0.5, 0.6) is 0 Å². The van der Waals surface area contributed by atoms with Crippen molar-refractivity contribution in [1.82, 2.24) is 10.2 Å². The third-order valence-corrected chi connectivity index (χ3v) is 4.86. The molecule has 0 bridgehead atoms. The van der Waals surface area contributed by atoms with E-state index in [1.165, 1.54) is 10.5 Å². The molecule has 0 spiro atoms. The Balaban J connectivity index is 1.81. The fraction of sp³-hybridized carbons (Fsp3) is 0.533. The zero-order chi connectivity index (χ0) is 13.7. The highest BCUT2D eigenvalue weighted by Gasteiger charge is 2.21. The zero-order valence-electron chi connectivity index (χ0n) is 11.7. The van der Waals surface area contributed by atoms with Gasteiger partial charge in [-0.05, 0) is 38.4 Å². The molecular formula is C15H22N2OS. The van der Waals surface area contributed by atoms with Gasteiger partial charge in [0.05, 0.1) is 5.75 Å². The van der Waals surface area contributed by atoms with Crippen molar-refractivity contribution >= 4 is 17.7 Å². The zero-order valence-corrected chi connectivity index (χ0v) is 12.5. The van der Waals surface area contributed by atoms with Crippen LogP contribution in [-0.2, 0) is 4.79 Å². The molecule has 2 rings (SSSR count). The first-order chi connectivity index (χ1) is 9.20. The van der Waals surface area contributed by atoms with Gasteiger partial charge in [-0.3, -0.25) is 4.79 Å². The number of nitrogens with zero attached hydrogens (tertiary/aromatic N) is 1. The summed E-state index contributed by atoms with van der Waals surface area (Å²) >= 11 is 1.65. The van der Waals surface area contributed by atoms with E-state index in [2.05, 4.69) is 24.4 Å². The predicted molar refractivity (Wildman–Crippen MR) is 80.6 cm³/mol. The monoisotopic (exact) mass is 278 g/mol. The Morgan fingerprint density at radius 3 is 2.68 bits per heavy atom. The van der Waals surface area contributed by atoms with Gasteiger partial charge in [0.25, 0.3) is 0 Å². The molecule has 1 aromatic carbocycles. The number of hydrogen-bond donors (Lipinski definition) is 1. The van der Waals surface area contributed by atoms with E-state index in [0.717, 1.165) is 25.9 Å². The summed E-state index contributed by atoms with van der Waals surface area (Å²) in [7, 11) is 2.00. The van der Waals surface area contributed by atoms with Crippen molar-refractivity contribution < 1.29 is 4.79 Å². The van der Waals surface area contributed by atoms with Crippen LogP contribution in [0.25, 0.3) is 0 Å². The van der Waals surface area contributed by atoms with Gasteiger partial charge in [-0.25, -0.2) is 0 Å². The number of benzene rings is 1. The van der Waals surface area contributed by atoms with E-state index >= 15 is 0 Å². The third-order valence-electron chi connectivity index (χ3n) is 3.70. The number of aryl methyl sites for hydroxylation is 1. The summed E-state index contributed by atoms with van der Waals surface area (Å²) < 4.78 is 0. The van der Waals surface area contributed by atoms with Crippen LogP contribution in [0.1, 0.15) is 18.4 Å². The summed E-state index contributed by atoms with van der Waals surface area (Å²) in [6, 6.07) is 8.81. The second kappa shape index (κ2) is 6.96.